The highest BCUT2D eigenvalue weighted by molar-refractivity contribution is 5.83. The molecule has 5 rings (SSSR count). The van der Waals surface area contributed by atoms with Crippen LogP contribution in [-0.2, 0) is 16.8 Å². The van der Waals surface area contributed by atoms with Gasteiger partial charge in [0.2, 0.25) is 17.2 Å². The third-order valence-electron chi connectivity index (χ3n) is 6.64. The molecule has 0 spiro atoms. The fourth-order valence-corrected chi connectivity index (χ4v) is 4.66. The molecule has 3 aromatic carbocycles. The van der Waals surface area contributed by atoms with Crippen LogP contribution in [0.4, 0.5) is 0 Å². The molecule has 0 aliphatic rings. The van der Waals surface area contributed by atoms with E-state index in [1.165, 1.54) is 13.1 Å². The number of ether oxygens (including phenoxy) is 1. The number of nitrogens with zero attached hydrogens (tertiary/aromatic N) is 1. The molecule has 5 aromatic rings. The molecule has 2 N–H and O–H groups in total. The third kappa shape index (κ3) is 4.96. The van der Waals surface area contributed by atoms with E-state index in [9.17, 15) is 15.1 Å². The fourth-order valence-electron chi connectivity index (χ4n) is 4.66. The standard InChI is InChI=1S/C31H28N2O5/c1-31(35,27-14-8-9-17-33(27)36)28-20-23-18-21(15-16-25(23)38-28)19-29(34)32-30(22-10-4-3-5-11-22)24-12-6-7-13-26(24)37-2/h3-18,20,30,35H,19H2,1-2H3,(H,32,34). The van der Waals surface area contributed by atoms with E-state index in [-0.39, 0.29) is 29.8 Å². The lowest BCUT2D eigenvalue weighted by Gasteiger charge is -2.22. The summed E-state index contributed by atoms with van der Waals surface area (Å²) in [7, 11) is 1.61. The monoisotopic (exact) mass is 508 g/mol. The third-order valence-corrected chi connectivity index (χ3v) is 6.64. The number of amides is 1. The number of hydrogen-bond donors (Lipinski definition) is 2. The van der Waals surface area contributed by atoms with Gasteiger partial charge in [-0.15, -0.1) is 0 Å². The lowest BCUT2D eigenvalue weighted by Crippen LogP contribution is -2.40. The summed E-state index contributed by atoms with van der Waals surface area (Å²) in [6.45, 7) is 1.52. The predicted molar refractivity (Wildman–Crippen MR) is 143 cm³/mol. The van der Waals surface area contributed by atoms with Crippen molar-refractivity contribution in [3.8, 4) is 5.75 Å². The van der Waals surface area contributed by atoms with Gasteiger partial charge < -0.3 is 24.8 Å². The van der Waals surface area contributed by atoms with Crippen molar-refractivity contribution in [1.29, 1.82) is 0 Å². The van der Waals surface area contributed by atoms with E-state index in [0.29, 0.717) is 16.1 Å². The highest BCUT2D eigenvalue weighted by Crippen LogP contribution is 2.33. The Hall–Kier alpha value is -4.62. The van der Waals surface area contributed by atoms with Crippen LogP contribution in [-0.4, -0.2) is 18.1 Å². The maximum absolute atomic E-state index is 13.2. The Morgan fingerprint density at radius 2 is 1.76 bits per heavy atom. The first-order valence-corrected chi connectivity index (χ1v) is 12.3. The van der Waals surface area contributed by atoms with Crippen molar-refractivity contribution >= 4 is 16.9 Å². The number of hydrogen-bond acceptors (Lipinski definition) is 5. The quantitative estimate of drug-likeness (QED) is 0.232. The Kier molecular flexibility index (Phi) is 6.85. The number of nitrogens with one attached hydrogen (secondary N) is 1. The molecule has 0 bridgehead atoms. The lowest BCUT2D eigenvalue weighted by molar-refractivity contribution is -0.621. The minimum Gasteiger partial charge on any atom is -0.618 e. The molecule has 0 saturated carbocycles. The molecule has 0 radical (unpaired) electrons. The molecule has 0 saturated heterocycles. The second-order valence-corrected chi connectivity index (χ2v) is 9.30. The highest BCUT2D eigenvalue weighted by Gasteiger charge is 2.36. The normalized spacial score (nSPS) is 13.6. The van der Waals surface area contributed by atoms with Gasteiger partial charge in [-0.2, -0.15) is 4.73 Å². The van der Waals surface area contributed by atoms with Crippen molar-refractivity contribution in [3.63, 3.8) is 0 Å². The number of benzene rings is 3. The van der Waals surface area contributed by atoms with Crippen LogP contribution < -0.4 is 14.8 Å². The van der Waals surface area contributed by atoms with Gasteiger partial charge in [0.1, 0.15) is 17.1 Å². The van der Waals surface area contributed by atoms with Gasteiger partial charge in [0.25, 0.3) is 0 Å². The van der Waals surface area contributed by atoms with E-state index in [1.54, 1.807) is 37.4 Å². The van der Waals surface area contributed by atoms with Crippen molar-refractivity contribution in [1.82, 2.24) is 5.32 Å². The zero-order valence-corrected chi connectivity index (χ0v) is 21.1. The number of carbonyl (C=O) groups excluding carboxylic acids is 1. The van der Waals surface area contributed by atoms with Crippen LogP contribution >= 0.6 is 0 Å². The molecule has 0 aliphatic carbocycles. The molecule has 7 heteroatoms. The van der Waals surface area contributed by atoms with Crippen molar-refractivity contribution in [2.24, 2.45) is 0 Å². The number of aliphatic hydroxyl groups is 1. The van der Waals surface area contributed by atoms with Gasteiger partial charge in [0.15, 0.2) is 6.20 Å². The maximum Gasteiger partial charge on any atom is 0.232 e. The molecule has 2 unspecified atom stereocenters. The summed E-state index contributed by atoms with van der Waals surface area (Å²) >= 11 is 0. The molecule has 0 aliphatic heterocycles. The van der Waals surface area contributed by atoms with Crippen LogP contribution in [0.15, 0.2) is 108 Å². The number of carbonyl (C=O) groups is 1. The number of fused-ring (bicyclic) bond motifs is 1. The summed E-state index contributed by atoms with van der Waals surface area (Å²) in [4.78, 5) is 13.2. The van der Waals surface area contributed by atoms with Gasteiger partial charge >= 0.3 is 0 Å². The second-order valence-electron chi connectivity index (χ2n) is 9.30. The SMILES string of the molecule is COc1ccccc1C(NC(=O)Cc1ccc2oc(C(C)(O)c3cccc[n+]3[O-])cc2c1)c1ccccc1. The molecule has 192 valence electrons. The minimum atomic E-state index is -1.63. The molecular formula is C31H28N2O5. The molecule has 7 nitrogen and oxygen atoms in total. The number of aromatic nitrogens is 1. The molecule has 2 heterocycles. The summed E-state index contributed by atoms with van der Waals surface area (Å²) in [5.41, 5.74) is 1.67. The van der Waals surface area contributed by atoms with Crippen molar-refractivity contribution in [2.45, 2.75) is 25.0 Å². The number of pyridine rings is 1. The minimum absolute atomic E-state index is 0.143. The molecule has 2 atom stereocenters. The maximum atomic E-state index is 13.2. The van der Waals surface area contributed by atoms with Crippen molar-refractivity contribution < 1.29 is 23.8 Å². The summed E-state index contributed by atoms with van der Waals surface area (Å²) in [6, 6.07) is 29.0. The molecule has 0 fully saturated rings. The van der Waals surface area contributed by atoms with E-state index in [0.717, 1.165) is 22.1 Å². The fraction of sp³-hybridized carbons (Fsp3) is 0.161. The van der Waals surface area contributed by atoms with Crippen LogP contribution in [0.1, 0.15) is 41.1 Å². The van der Waals surface area contributed by atoms with E-state index < -0.39 is 5.60 Å². The van der Waals surface area contributed by atoms with Crippen molar-refractivity contribution in [2.75, 3.05) is 7.11 Å². The molecule has 1 amide bonds. The molecule has 2 aromatic heterocycles. The zero-order chi connectivity index (χ0) is 26.7. The van der Waals surface area contributed by atoms with Crippen LogP contribution in [0.3, 0.4) is 0 Å². The van der Waals surface area contributed by atoms with Crippen LogP contribution in [0.2, 0.25) is 0 Å². The first-order chi connectivity index (χ1) is 18.4. The van der Waals surface area contributed by atoms with Crippen molar-refractivity contribution in [3.05, 3.63) is 137 Å². The van der Waals surface area contributed by atoms with Crippen LogP contribution in [0, 0.1) is 5.21 Å². The van der Waals surface area contributed by atoms with Gasteiger partial charge in [-0.25, -0.2) is 0 Å². The van der Waals surface area contributed by atoms with E-state index in [2.05, 4.69) is 5.32 Å². The predicted octanol–water partition coefficient (Wildman–Crippen LogP) is 4.78. The number of rotatable bonds is 8. The van der Waals surface area contributed by atoms with Crippen LogP contribution in [0.5, 0.6) is 5.75 Å². The van der Waals surface area contributed by atoms with E-state index >= 15 is 0 Å². The Balaban J connectivity index is 1.39. The average molecular weight is 509 g/mol. The molecule has 38 heavy (non-hydrogen) atoms. The number of methoxy groups -OCH3 is 1. The molecular weight excluding hydrogens is 480 g/mol. The lowest BCUT2D eigenvalue weighted by atomic mass is 9.97. The number of para-hydroxylation sites is 1. The van der Waals surface area contributed by atoms with E-state index in [4.69, 9.17) is 9.15 Å². The Bertz CT molecular complexity index is 1580. The first-order valence-electron chi connectivity index (χ1n) is 12.3. The summed E-state index contributed by atoms with van der Waals surface area (Å²) in [5, 5.41) is 27.2. The van der Waals surface area contributed by atoms with E-state index in [1.807, 2.05) is 66.7 Å². The summed E-state index contributed by atoms with van der Waals surface area (Å²) in [6.07, 6.45) is 1.47. The van der Waals surface area contributed by atoms with Crippen LogP contribution in [0.25, 0.3) is 11.0 Å². The topological polar surface area (TPSA) is 98.6 Å². The largest absolute Gasteiger partial charge is 0.618 e. The Morgan fingerprint density at radius 1 is 1.03 bits per heavy atom. The van der Waals surface area contributed by atoms with Gasteiger partial charge in [-0.05, 0) is 48.4 Å². The average Bonchev–Trinajstić information content (AvgIpc) is 3.37. The van der Waals surface area contributed by atoms with Gasteiger partial charge in [-0.3, -0.25) is 4.79 Å². The Morgan fingerprint density at radius 3 is 2.53 bits per heavy atom. The number of furan rings is 1. The highest BCUT2D eigenvalue weighted by atomic mass is 16.5. The Labute approximate surface area is 220 Å². The van der Waals surface area contributed by atoms with Gasteiger partial charge in [-0.1, -0.05) is 54.6 Å². The smallest absolute Gasteiger partial charge is 0.232 e. The summed E-state index contributed by atoms with van der Waals surface area (Å²) in [5.74, 6) is 0.778. The first kappa shape index (κ1) is 25.0. The van der Waals surface area contributed by atoms with Gasteiger partial charge in [0.05, 0.1) is 19.6 Å². The zero-order valence-electron chi connectivity index (χ0n) is 21.1. The summed E-state index contributed by atoms with van der Waals surface area (Å²) < 4.78 is 12.1. The van der Waals surface area contributed by atoms with Gasteiger partial charge in [0, 0.05) is 23.1 Å². The second kappa shape index (κ2) is 10.4.